The number of carboxylic acids is 1. The first kappa shape index (κ1) is 14.2. The molecule has 0 aliphatic heterocycles. The molecule has 0 aliphatic carbocycles. The molecule has 0 unspecified atom stereocenters. The van der Waals surface area contributed by atoms with Crippen LogP contribution in [-0.4, -0.2) is 19.5 Å². The van der Waals surface area contributed by atoms with E-state index >= 15 is 0 Å². The van der Waals surface area contributed by atoms with Gasteiger partial charge in [-0.1, -0.05) is 30.3 Å². The van der Waals surface area contributed by atoms with Gasteiger partial charge < -0.3 is 5.11 Å². The molecule has 0 bridgehead atoms. The summed E-state index contributed by atoms with van der Waals surface area (Å²) in [5.74, 6) is -2.73. The molecular formula is C14H11FO4S. The minimum atomic E-state index is -3.72. The molecule has 0 heterocycles. The van der Waals surface area contributed by atoms with E-state index in [1.807, 2.05) is 0 Å². The van der Waals surface area contributed by atoms with Crippen LogP contribution in [0.15, 0.2) is 53.4 Å². The van der Waals surface area contributed by atoms with Crippen molar-refractivity contribution in [2.45, 2.75) is 10.6 Å². The van der Waals surface area contributed by atoms with Gasteiger partial charge in [0.15, 0.2) is 9.84 Å². The van der Waals surface area contributed by atoms with Crippen molar-refractivity contribution in [2.24, 2.45) is 0 Å². The third kappa shape index (κ3) is 3.03. The molecule has 0 radical (unpaired) electrons. The van der Waals surface area contributed by atoms with Gasteiger partial charge >= 0.3 is 5.97 Å². The number of rotatable bonds is 4. The number of aromatic carboxylic acids is 1. The minimum absolute atomic E-state index is 0.208. The van der Waals surface area contributed by atoms with E-state index in [-0.39, 0.29) is 10.6 Å². The Labute approximate surface area is 115 Å². The second-order valence-electron chi connectivity index (χ2n) is 4.19. The normalized spacial score (nSPS) is 11.2. The lowest BCUT2D eigenvalue weighted by Crippen LogP contribution is -2.08. The molecule has 0 aliphatic rings. The van der Waals surface area contributed by atoms with Crippen LogP contribution in [0.2, 0.25) is 0 Å². The van der Waals surface area contributed by atoms with E-state index in [1.54, 1.807) is 30.3 Å². The van der Waals surface area contributed by atoms with Crippen LogP contribution >= 0.6 is 0 Å². The predicted molar refractivity (Wildman–Crippen MR) is 70.7 cm³/mol. The van der Waals surface area contributed by atoms with Crippen LogP contribution in [0, 0.1) is 5.82 Å². The third-order valence-corrected chi connectivity index (χ3v) is 4.41. The van der Waals surface area contributed by atoms with E-state index in [1.165, 1.54) is 0 Å². The Balaban J connectivity index is 2.40. The molecule has 1 N–H and O–H groups in total. The molecule has 0 fully saturated rings. The summed E-state index contributed by atoms with van der Waals surface area (Å²) in [6, 6.07) is 11.2. The molecular weight excluding hydrogens is 283 g/mol. The molecule has 6 heteroatoms. The van der Waals surface area contributed by atoms with Crippen LogP contribution in [0.25, 0.3) is 0 Å². The zero-order valence-electron chi connectivity index (χ0n) is 10.3. The third-order valence-electron chi connectivity index (χ3n) is 2.73. The zero-order chi connectivity index (χ0) is 14.8. The maximum absolute atomic E-state index is 13.3. The molecule has 2 aromatic carbocycles. The van der Waals surface area contributed by atoms with Gasteiger partial charge in [-0.3, -0.25) is 0 Å². The molecule has 2 aromatic rings. The first-order valence-electron chi connectivity index (χ1n) is 5.70. The Kier molecular flexibility index (Phi) is 3.85. The number of halogens is 1. The molecule has 0 saturated heterocycles. The van der Waals surface area contributed by atoms with Gasteiger partial charge in [0, 0.05) is 0 Å². The highest BCUT2D eigenvalue weighted by Crippen LogP contribution is 2.19. The standard InChI is InChI=1S/C14H11FO4S/c15-13-7-6-11(8-12(13)14(16)17)20(18,19)9-10-4-2-1-3-5-10/h1-8H,9H2,(H,16,17). The summed E-state index contributed by atoms with van der Waals surface area (Å²) < 4.78 is 37.6. The Morgan fingerprint density at radius 2 is 1.75 bits per heavy atom. The van der Waals surface area contributed by atoms with E-state index in [4.69, 9.17) is 5.11 Å². The fourth-order valence-corrected chi connectivity index (χ4v) is 3.11. The Bertz CT molecular complexity index is 739. The van der Waals surface area contributed by atoms with Gasteiger partial charge in [0.2, 0.25) is 0 Å². The van der Waals surface area contributed by atoms with E-state index in [2.05, 4.69) is 0 Å². The zero-order valence-corrected chi connectivity index (χ0v) is 11.1. The first-order valence-corrected chi connectivity index (χ1v) is 7.35. The number of sulfone groups is 1. The summed E-state index contributed by atoms with van der Waals surface area (Å²) in [5.41, 5.74) is -0.0761. The van der Waals surface area contributed by atoms with Gasteiger partial charge in [-0.15, -0.1) is 0 Å². The largest absolute Gasteiger partial charge is 0.478 e. The molecule has 0 spiro atoms. The lowest BCUT2D eigenvalue weighted by atomic mass is 10.2. The Hall–Kier alpha value is -2.21. The van der Waals surface area contributed by atoms with Gasteiger partial charge in [-0.2, -0.15) is 0 Å². The van der Waals surface area contributed by atoms with Crippen LogP contribution in [0.3, 0.4) is 0 Å². The highest BCUT2D eigenvalue weighted by atomic mass is 32.2. The summed E-state index contributed by atoms with van der Waals surface area (Å²) >= 11 is 0. The van der Waals surface area contributed by atoms with Gasteiger partial charge in [0.1, 0.15) is 5.82 Å². The van der Waals surface area contributed by atoms with Crippen molar-refractivity contribution >= 4 is 15.8 Å². The van der Waals surface area contributed by atoms with Gasteiger partial charge in [-0.25, -0.2) is 17.6 Å². The quantitative estimate of drug-likeness (QED) is 0.879. The second kappa shape index (κ2) is 5.42. The lowest BCUT2D eigenvalue weighted by Gasteiger charge is -2.06. The Morgan fingerprint density at radius 1 is 1.10 bits per heavy atom. The van der Waals surface area contributed by atoms with Gasteiger partial charge in [-0.05, 0) is 23.8 Å². The molecule has 0 saturated carbocycles. The van der Waals surface area contributed by atoms with Crippen LogP contribution in [0.4, 0.5) is 4.39 Å². The van der Waals surface area contributed by atoms with E-state index in [0.717, 1.165) is 18.2 Å². The van der Waals surface area contributed by atoms with E-state index < -0.39 is 27.2 Å². The summed E-state index contributed by atoms with van der Waals surface area (Å²) in [7, 11) is -3.72. The van der Waals surface area contributed by atoms with Crippen molar-refractivity contribution in [2.75, 3.05) is 0 Å². The van der Waals surface area contributed by atoms with Crippen LogP contribution in [-0.2, 0) is 15.6 Å². The molecule has 20 heavy (non-hydrogen) atoms. The highest BCUT2D eigenvalue weighted by Gasteiger charge is 2.19. The smallest absolute Gasteiger partial charge is 0.338 e. The maximum Gasteiger partial charge on any atom is 0.338 e. The van der Waals surface area contributed by atoms with Crippen molar-refractivity contribution in [1.29, 1.82) is 0 Å². The van der Waals surface area contributed by atoms with Crippen LogP contribution < -0.4 is 0 Å². The highest BCUT2D eigenvalue weighted by molar-refractivity contribution is 7.90. The average Bonchev–Trinajstić information content (AvgIpc) is 2.39. The fraction of sp³-hybridized carbons (Fsp3) is 0.0714. The fourth-order valence-electron chi connectivity index (χ4n) is 1.74. The minimum Gasteiger partial charge on any atom is -0.478 e. The lowest BCUT2D eigenvalue weighted by molar-refractivity contribution is 0.0691. The summed E-state index contributed by atoms with van der Waals surface area (Å²) in [4.78, 5) is 10.6. The van der Waals surface area contributed by atoms with Crippen molar-refractivity contribution in [3.8, 4) is 0 Å². The summed E-state index contributed by atoms with van der Waals surface area (Å²) in [5, 5.41) is 8.81. The summed E-state index contributed by atoms with van der Waals surface area (Å²) in [6.45, 7) is 0. The molecule has 0 aromatic heterocycles. The number of benzene rings is 2. The first-order chi connectivity index (χ1) is 9.40. The predicted octanol–water partition coefficient (Wildman–Crippen LogP) is 2.50. The SMILES string of the molecule is O=C(O)c1cc(S(=O)(=O)Cc2ccccc2)ccc1F. The van der Waals surface area contributed by atoms with Crippen molar-refractivity contribution in [3.63, 3.8) is 0 Å². The molecule has 4 nitrogen and oxygen atoms in total. The number of carbonyl (C=O) groups is 1. The molecule has 0 atom stereocenters. The second-order valence-corrected chi connectivity index (χ2v) is 6.18. The van der Waals surface area contributed by atoms with Crippen molar-refractivity contribution in [3.05, 3.63) is 65.5 Å². The maximum atomic E-state index is 13.3. The average molecular weight is 294 g/mol. The summed E-state index contributed by atoms with van der Waals surface area (Å²) in [6.07, 6.45) is 0. The Morgan fingerprint density at radius 3 is 2.35 bits per heavy atom. The molecule has 104 valence electrons. The van der Waals surface area contributed by atoms with Crippen molar-refractivity contribution in [1.82, 2.24) is 0 Å². The van der Waals surface area contributed by atoms with E-state index in [0.29, 0.717) is 5.56 Å². The number of hydrogen-bond acceptors (Lipinski definition) is 3. The van der Waals surface area contributed by atoms with Crippen molar-refractivity contribution < 1.29 is 22.7 Å². The molecule has 2 rings (SSSR count). The van der Waals surface area contributed by atoms with Gasteiger partial charge in [0.25, 0.3) is 0 Å². The number of hydrogen-bond donors (Lipinski definition) is 1. The van der Waals surface area contributed by atoms with Crippen LogP contribution in [0.1, 0.15) is 15.9 Å². The number of carboxylic acid groups (broad SMARTS) is 1. The van der Waals surface area contributed by atoms with E-state index in [9.17, 15) is 17.6 Å². The monoisotopic (exact) mass is 294 g/mol. The topological polar surface area (TPSA) is 71.4 Å². The van der Waals surface area contributed by atoms with Crippen LogP contribution in [0.5, 0.6) is 0 Å². The van der Waals surface area contributed by atoms with Gasteiger partial charge in [0.05, 0.1) is 16.2 Å². The molecule has 0 amide bonds.